The Hall–Kier alpha value is -3.12. The third-order valence-corrected chi connectivity index (χ3v) is 4.36. The topological polar surface area (TPSA) is 77.9 Å². The fourth-order valence-corrected chi connectivity index (χ4v) is 2.86. The highest BCUT2D eigenvalue weighted by Gasteiger charge is 2.16. The highest BCUT2D eigenvalue weighted by molar-refractivity contribution is 5.87. The van der Waals surface area contributed by atoms with Gasteiger partial charge in [-0.3, -0.25) is 4.98 Å². The second kappa shape index (κ2) is 9.71. The normalized spacial score (nSPS) is 11.9. The van der Waals surface area contributed by atoms with Gasteiger partial charge in [-0.05, 0) is 29.8 Å². The molecule has 1 aromatic heterocycles. The van der Waals surface area contributed by atoms with Gasteiger partial charge in [0, 0.05) is 43.1 Å². The summed E-state index contributed by atoms with van der Waals surface area (Å²) in [5.74, 6) is 0.616. The minimum Gasteiger partial charge on any atom is -0.493 e. The summed E-state index contributed by atoms with van der Waals surface area (Å²) in [6.45, 7) is 1.08. The first-order valence-electron chi connectivity index (χ1n) is 9.10. The number of hydrogen-bond donors (Lipinski definition) is 1. The summed E-state index contributed by atoms with van der Waals surface area (Å²) in [5, 5.41) is 11.1. The van der Waals surface area contributed by atoms with Crippen molar-refractivity contribution >= 4 is 16.7 Å². The van der Waals surface area contributed by atoms with Crippen molar-refractivity contribution in [1.29, 1.82) is 0 Å². The van der Waals surface area contributed by atoms with E-state index in [0.717, 1.165) is 34.3 Å². The zero-order valence-electron chi connectivity index (χ0n) is 15.7. The average molecular weight is 381 g/mol. The summed E-state index contributed by atoms with van der Waals surface area (Å²) < 4.78 is 16.6. The van der Waals surface area contributed by atoms with Crippen molar-refractivity contribution in [3.05, 3.63) is 66.5 Å². The highest BCUT2D eigenvalue weighted by Crippen LogP contribution is 2.24. The van der Waals surface area contributed by atoms with E-state index in [4.69, 9.17) is 19.3 Å². The first-order chi connectivity index (χ1) is 13.7. The molecule has 146 valence electrons. The number of fused-ring (bicyclic) bond motifs is 1. The second-order valence-electron chi connectivity index (χ2n) is 6.31. The van der Waals surface area contributed by atoms with Crippen LogP contribution < -0.4 is 9.47 Å². The van der Waals surface area contributed by atoms with Gasteiger partial charge in [0.25, 0.3) is 0 Å². The SMILES string of the molecule is CO[C@@H](Cc1ccc(OCCCOc2cccc3cnccc23)cc1)C(=O)O. The van der Waals surface area contributed by atoms with Gasteiger partial charge in [-0.15, -0.1) is 0 Å². The lowest BCUT2D eigenvalue weighted by atomic mass is 10.1. The molecule has 0 bridgehead atoms. The van der Waals surface area contributed by atoms with E-state index in [9.17, 15) is 4.79 Å². The number of benzene rings is 2. The number of carboxylic acids is 1. The van der Waals surface area contributed by atoms with Crippen LogP contribution >= 0.6 is 0 Å². The second-order valence-corrected chi connectivity index (χ2v) is 6.31. The summed E-state index contributed by atoms with van der Waals surface area (Å²) in [4.78, 5) is 15.1. The summed E-state index contributed by atoms with van der Waals surface area (Å²) in [5.41, 5.74) is 0.885. The van der Waals surface area contributed by atoms with Gasteiger partial charge in [0.2, 0.25) is 0 Å². The zero-order chi connectivity index (χ0) is 19.8. The molecule has 1 atom stereocenters. The van der Waals surface area contributed by atoms with E-state index in [0.29, 0.717) is 19.6 Å². The summed E-state index contributed by atoms with van der Waals surface area (Å²) in [7, 11) is 1.40. The van der Waals surface area contributed by atoms with Crippen molar-refractivity contribution < 1.29 is 24.1 Å². The molecule has 28 heavy (non-hydrogen) atoms. The Morgan fingerprint density at radius 3 is 2.61 bits per heavy atom. The molecule has 3 aromatic rings. The largest absolute Gasteiger partial charge is 0.493 e. The van der Waals surface area contributed by atoms with Gasteiger partial charge in [0.1, 0.15) is 11.5 Å². The highest BCUT2D eigenvalue weighted by atomic mass is 16.5. The number of pyridine rings is 1. The Morgan fingerprint density at radius 1 is 1.07 bits per heavy atom. The standard InChI is InChI=1S/C22H23NO5/c1-26-21(22(24)25)14-16-6-8-18(9-7-16)27-12-3-13-28-20-5-2-4-17-15-23-11-10-19(17)20/h2,4-11,15,21H,3,12-14H2,1H3,(H,24,25)/t21-/m0/s1. The molecule has 0 saturated heterocycles. The molecule has 0 saturated carbocycles. The molecule has 6 heteroatoms. The van der Waals surface area contributed by atoms with Crippen LogP contribution in [0, 0.1) is 0 Å². The molecule has 0 radical (unpaired) electrons. The molecule has 0 aliphatic rings. The van der Waals surface area contributed by atoms with Crippen molar-refractivity contribution in [3.63, 3.8) is 0 Å². The van der Waals surface area contributed by atoms with Crippen LogP contribution in [0.3, 0.4) is 0 Å². The molecule has 3 rings (SSSR count). The van der Waals surface area contributed by atoms with E-state index >= 15 is 0 Å². The van der Waals surface area contributed by atoms with E-state index in [1.165, 1.54) is 7.11 Å². The number of aliphatic carboxylic acids is 1. The average Bonchev–Trinajstić information content (AvgIpc) is 2.72. The molecule has 0 spiro atoms. The third kappa shape index (κ3) is 5.20. The number of hydrogen-bond acceptors (Lipinski definition) is 5. The maximum atomic E-state index is 11.0. The van der Waals surface area contributed by atoms with E-state index in [1.54, 1.807) is 6.20 Å². The van der Waals surface area contributed by atoms with Crippen LogP contribution in [0.25, 0.3) is 10.8 Å². The molecule has 0 unspecified atom stereocenters. The number of carboxylic acid groups (broad SMARTS) is 1. The van der Waals surface area contributed by atoms with Gasteiger partial charge < -0.3 is 19.3 Å². The van der Waals surface area contributed by atoms with Crippen molar-refractivity contribution in [3.8, 4) is 11.5 Å². The van der Waals surface area contributed by atoms with Crippen molar-refractivity contribution in [2.75, 3.05) is 20.3 Å². The van der Waals surface area contributed by atoms with Crippen molar-refractivity contribution in [1.82, 2.24) is 4.98 Å². The Labute approximate surface area is 163 Å². The van der Waals surface area contributed by atoms with Crippen LogP contribution in [-0.2, 0) is 16.0 Å². The van der Waals surface area contributed by atoms with Crippen LogP contribution in [0.2, 0.25) is 0 Å². The fourth-order valence-electron chi connectivity index (χ4n) is 2.86. The lowest BCUT2D eigenvalue weighted by Gasteiger charge is -2.12. The van der Waals surface area contributed by atoms with Crippen LogP contribution in [0.1, 0.15) is 12.0 Å². The first kappa shape index (κ1) is 19.6. The number of rotatable bonds is 10. The Bertz CT molecular complexity index is 905. The predicted octanol–water partition coefficient (Wildman–Crippen LogP) is 3.72. The van der Waals surface area contributed by atoms with E-state index < -0.39 is 12.1 Å². The van der Waals surface area contributed by atoms with Gasteiger partial charge in [-0.2, -0.15) is 0 Å². The van der Waals surface area contributed by atoms with E-state index in [-0.39, 0.29) is 0 Å². The molecule has 1 heterocycles. The van der Waals surface area contributed by atoms with Crippen molar-refractivity contribution in [2.45, 2.75) is 18.9 Å². The molecule has 0 fully saturated rings. The van der Waals surface area contributed by atoms with Gasteiger partial charge >= 0.3 is 5.97 Å². The minimum absolute atomic E-state index is 0.320. The Kier molecular flexibility index (Phi) is 6.81. The number of methoxy groups -OCH3 is 1. The summed E-state index contributed by atoms with van der Waals surface area (Å²) >= 11 is 0. The van der Waals surface area contributed by atoms with Crippen LogP contribution in [0.5, 0.6) is 11.5 Å². The predicted molar refractivity (Wildman–Crippen MR) is 106 cm³/mol. The maximum Gasteiger partial charge on any atom is 0.333 e. The number of aromatic nitrogens is 1. The molecular formula is C22H23NO5. The number of carbonyl (C=O) groups is 1. The third-order valence-electron chi connectivity index (χ3n) is 4.36. The van der Waals surface area contributed by atoms with Gasteiger partial charge in [-0.25, -0.2) is 4.79 Å². The monoisotopic (exact) mass is 381 g/mol. The fraction of sp³-hybridized carbons (Fsp3) is 0.273. The van der Waals surface area contributed by atoms with E-state index in [2.05, 4.69) is 4.98 Å². The van der Waals surface area contributed by atoms with Gasteiger partial charge in [0.15, 0.2) is 6.10 Å². The molecule has 6 nitrogen and oxygen atoms in total. The minimum atomic E-state index is -0.967. The lowest BCUT2D eigenvalue weighted by Crippen LogP contribution is -2.24. The summed E-state index contributed by atoms with van der Waals surface area (Å²) in [6, 6.07) is 15.2. The van der Waals surface area contributed by atoms with Gasteiger partial charge in [0.05, 0.1) is 13.2 Å². The van der Waals surface area contributed by atoms with Gasteiger partial charge in [-0.1, -0.05) is 24.3 Å². The van der Waals surface area contributed by atoms with Crippen LogP contribution in [0.4, 0.5) is 0 Å². The zero-order valence-corrected chi connectivity index (χ0v) is 15.7. The Balaban J connectivity index is 1.43. The molecule has 0 aliphatic carbocycles. The molecular weight excluding hydrogens is 358 g/mol. The number of ether oxygens (including phenoxy) is 3. The smallest absolute Gasteiger partial charge is 0.333 e. The van der Waals surface area contributed by atoms with Crippen LogP contribution in [-0.4, -0.2) is 42.5 Å². The lowest BCUT2D eigenvalue weighted by molar-refractivity contribution is -0.148. The molecule has 0 amide bonds. The molecule has 0 aliphatic heterocycles. The molecule has 2 aromatic carbocycles. The van der Waals surface area contributed by atoms with Crippen LogP contribution in [0.15, 0.2) is 60.9 Å². The first-order valence-corrected chi connectivity index (χ1v) is 9.10. The van der Waals surface area contributed by atoms with E-state index in [1.807, 2.05) is 54.7 Å². The number of nitrogens with zero attached hydrogens (tertiary/aromatic N) is 1. The quantitative estimate of drug-likeness (QED) is 0.539. The summed E-state index contributed by atoms with van der Waals surface area (Å²) in [6.07, 6.45) is 3.80. The Morgan fingerprint density at radius 2 is 1.86 bits per heavy atom. The molecule has 1 N–H and O–H groups in total. The van der Waals surface area contributed by atoms with Crippen molar-refractivity contribution in [2.24, 2.45) is 0 Å². The maximum absolute atomic E-state index is 11.0.